The van der Waals surface area contributed by atoms with Gasteiger partial charge in [0.05, 0.1) is 5.56 Å². The Bertz CT molecular complexity index is 965. The Balaban J connectivity index is 1.71. The summed E-state index contributed by atoms with van der Waals surface area (Å²) in [5.41, 5.74) is 2.59. The lowest BCUT2D eigenvalue weighted by molar-refractivity contribution is 0.0982. The molecule has 2 aromatic carbocycles. The third-order valence-electron chi connectivity index (χ3n) is 4.37. The van der Waals surface area contributed by atoms with Gasteiger partial charge < -0.3 is 9.63 Å². The number of hydrogen-bond acceptors (Lipinski definition) is 5. The van der Waals surface area contributed by atoms with E-state index in [1.165, 1.54) is 12.1 Å². The number of carbonyl (C=O) groups excluding carboxylic acids is 1. The smallest absolute Gasteiger partial charge is 0.258 e. The number of halogens is 1. The van der Waals surface area contributed by atoms with Gasteiger partial charge in [-0.05, 0) is 49.1 Å². The highest BCUT2D eigenvalue weighted by atomic mass is 19.1. The van der Waals surface area contributed by atoms with Gasteiger partial charge >= 0.3 is 0 Å². The van der Waals surface area contributed by atoms with E-state index in [0.717, 1.165) is 36.5 Å². The lowest BCUT2D eigenvalue weighted by atomic mass is 9.99. The minimum absolute atomic E-state index is 0.110. The zero-order valence-electron chi connectivity index (χ0n) is 13.3. The van der Waals surface area contributed by atoms with Crippen molar-refractivity contribution in [2.24, 2.45) is 0 Å². The number of aromatic nitrogens is 2. The maximum Gasteiger partial charge on any atom is 0.258 e. The van der Waals surface area contributed by atoms with E-state index >= 15 is 0 Å². The van der Waals surface area contributed by atoms with Gasteiger partial charge in [0.2, 0.25) is 5.82 Å². The number of carbonyl (C=O) groups is 1. The van der Waals surface area contributed by atoms with Crippen molar-refractivity contribution < 1.29 is 18.8 Å². The molecule has 126 valence electrons. The van der Waals surface area contributed by atoms with Gasteiger partial charge in [-0.2, -0.15) is 4.98 Å². The van der Waals surface area contributed by atoms with Crippen LogP contribution in [-0.4, -0.2) is 21.0 Å². The van der Waals surface area contributed by atoms with E-state index in [0.29, 0.717) is 12.0 Å². The van der Waals surface area contributed by atoms with Crippen LogP contribution < -0.4 is 0 Å². The van der Waals surface area contributed by atoms with E-state index in [9.17, 15) is 14.3 Å². The van der Waals surface area contributed by atoms with Crippen LogP contribution in [0.25, 0.3) is 22.8 Å². The molecule has 25 heavy (non-hydrogen) atoms. The van der Waals surface area contributed by atoms with E-state index in [4.69, 9.17) is 4.52 Å². The van der Waals surface area contributed by atoms with E-state index in [2.05, 4.69) is 10.1 Å². The van der Waals surface area contributed by atoms with Crippen LogP contribution in [-0.2, 0) is 6.42 Å². The zero-order valence-corrected chi connectivity index (χ0v) is 13.3. The molecule has 0 atom stereocenters. The molecule has 1 aliphatic rings. The van der Waals surface area contributed by atoms with E-state index < -0.39 is 5.82 Å². The van der Waals surface area contributed by atoms with Gasteiger partial charge in [0.15, 0.2) is 5.78 Å². The van der Waals surface area contributed by atoms with Crippen molar-refractivity contribution in [1.82, 2.24) is 10.1 Å². The molecule has 1 aliphatic carbocycles. The van der Waals surface area contributed by atoms with Gasteiger partial charge in [-0.3, -0.25) is 4.79 Å². The summed E-state index contributed by atoms with van der Waals surface area (Å²) in [6, 6.07) is 9.22. The van der Waals surface area contributed by atoms with Crippen LogP contribution >= 0.6 is 0 Å². The molecule has 0 unspecified atom stereocenters. The topological polar surface area (TPSA) is 76.2 Å². The third-order valence-corrected chi connectivity index (χ3v) is 4.37. The van der Waals surface area contributed by atoms with Crippen LogP contribution in [0.5, 0.6) is 5.75 Å². The summed E-state index contributed by atoms with van der Waals surface area (Å²) in [4.78, 5) is 16.3. The highest BCUT2D eigenvalue weighted by molar-refractivity contribution is 5.98. The Morgan fingerprint density at radius 2 is 1.84 bits per heavy atom. The van der Waals surface area contributed by atoms with Crippen molar-refractivity contribution in [3.63, 3.8) is 0 Å². The lowest BCUT2D eigenvalue weighted by Gasteiger charge is -2.05. The molecule has 0 bridgehead atoms. The summed E-state index contributed by atoms with van der Waals surface area (Å²) in [5.74, 6) is -0.253. The van der Waals surface area contributed by atoms with Crippen LogP contribution in [0.2, 0.25) is 0 Å². The molecule has 1 heterocycles. The summed E-state index contributed by atoms with van der Waals surface area (Å²) in [6.07, 6.45) is 3.28. The molecule has 0 aliphatic heterocycles. The van der Waals surface area contributed by atoms with E-state index in [-0.39, 0.29) is 28.8 Å². The molecule has 5 nitrogen and oxygen atoms in total. The molecule has 3 aromatic rings. The van der Waals surface area contributed by atoms with Crippen molar-refractivity contribution in [1.29, 1.82) is 0 Å². The number of aromatic hydroxyl groups is 1. The standard InChI is InChI=1S/C19H15FN2O3/c20-16-10-13(23)6-8-15(16)18-21-19(25-22-18)12-5-7-14-11(9-12)3-1-2-4-17(14)24/h5-10,23H,1-4H2. The monoisotopic (exact) mass is 338 g/mol. The molecule has 1 aromatic heterocycles. The van der Waals surface area contributed by atoms with Crippen molar-refractivity contribution in [2.75, 3.05) is 0 Å². The highest BCUT2D eigenvalue weighted by Gasteiger charge is 2.19. The first-order chi connectivity index (χ1) is 12.1. The average molecular weight is 338 g/mol. The van der Waals surface area contributed by atoms with Crippen molar-refractivity contribution >= 4 is 5.78 Å². The zero-order chi connectivity index (χ0) is 17.4. The minimum Gasteiger partial charge on any atom is -0.508 e. The van der Waals surface area contributed by atoms with Crippen LogP contribution in [0.3, 0.4) is 0 Å². The summed E-state index contributed by atoms with van der Waals surface area (Å²) in [7, 11) is 0. The molecule has 0 saturated carbocycles. The largest absolute Gasteiger partial charge is 0.508 e. The van der Waals surface area contributed by atoms with Crippen LogP contribution in [0.4, 0.5) is 4.39 Å². The number of phenolic OH excluding ortho intramolecular Hbond substituents is 1. The summed E-state index contributed by atoms with van der Waals surface area (Å²) >= 11 is 0. The second-order valence-electron chi connectivity index (χ2n) is 6.09. The predicted octanol–water partition coefficient (Wildman–Crippen LogP) is 4.16. The van der Waals surface area contributed by atoms with Gasteiger partial charge in [0.25, 0.3) is 5.89 Å². The Morgan fingerprint density at radius 3 is 2.68 bits per heavy atom. The minimum atomic E-state index is -0.625. The van der Waals surface area contributed by atoms with Gasteiger partial charge in [-0.1, -0.05) is 11.2 Å². The average Bonchev–Trinajstić information content (AvgIpc) is 3.00. The summed E-state index contributed by atoms with van der Waals surface area (Å²) in [6.45, 7) is 0. The normalized spacial score (nSPS) is 14.2. The number of ketones is 1. The molecular weight excluding hydrogens is 323 g/mol. The van der Waals surface area contributed by atoms with Crippen LogP contribution in [0.1, 0.15) is 35.2 Å². The number of fused-ring (bicyclic) bond motifs is 1. The first-order valence-corrected chi connectivity index (χ1v) is 8.11. The summed E-state index contributed by atoms with van der Waals surface area (Å²) < 4.78 is 19.2. The van der Waals surface area contributed by atoms with Gasteiger partial charge in [-0.15, -0.1) is 0 Å². The van der Waals surface area contributed by atoms with Crippen molar-refractivity contribution in [3.05, 3.63) is 53.3 Å². The molecule has 0 fully saturated rings. The highest BCUT2D eigenvalue weighted by Crippen LogP contribution is 2.29. The fourth-order valence-corrected chi connectivity index (χ4v) is 3.08. The predicted molar refractivity (Wildman–Crippen MR) is 88.7 cm³/mol. The number of benzene rings is 2. The Labute approximate surface area is 143 Å². The SMILES string of the molecule is O=C1CCCCc2cc(-c3nc(-c4ccc(O)cc4F)no3)ccc21. The molecular formula is C19H15FN2O3. The quantitative estimate of drug-likeness (QED) is 0.710. The molecule has 0 spiro atoms. The Kier molecular flexibility index (Phi) is 3.80. The number of nitrogens with zero attached hydrogens (tertiary/aromatic N) is 2. The molecule has 0 saturated heterocycles. The molecule has 1 N–H and O–H groups in total. The lowest BCUT2D eigenvalue weighted by Crippen LogP contribution is -2.00. The van der Waals surface area contributed by atoms with Crippen LogP contribution in [0, 0.1) is 5.82 Å². The van der Waals surface area contributed by atoms with Gasteiger partial charge in [0, 0.05) is 23.6 Å². The number of aryl methyl sites for hydroxylation is 1. The molecule has 4 rings (SSSR count). The third kappa shape index (κ3) is 2.91. The molecule has 0 radical (unpaired) electrons. The maximum atomic E-state index is 13.9. The second kappa shape index (κ2) is 6.12. The number of hydrogen-bond donors (Lipinski definition) is 1. The maximum absolute atomic E-state index is 13.9. The summed E-state index contributed by atoms with van der Waals surface area (Å²) in [5, 5.41) is 13.1. The van der Waals surface area contributed by atoms with Gasteiger partial charge in [-0.25, -0.2) is 4.39 Å². The van der Waals surface area contributed by atoms with Crippen molar-refractivity contribution in [2.45, 2.75) is 25.7 Å². The molecule has 0 amide bonds. The van der Waals surface area contributed by atoms with E-state index in [1.54, 1.807) is 12.1 Å². The van der Waals surface area contributed by atoms with Crippen LogP contribution in [0.15, 0.2) is 40.9 Å². The molecule has 6 heteroatoms. The fraction of sp³-hybridized carbons (Fsp3) is 0.211. The van der Waals surface area contributed by atoms with E-state index in [1.807, 2.05) is 6.07 Å². The second-order valence-corrected chi connectivity index (χ2v) is 6.09. The Hall–Kier alpha value is -3.02. The Morgan fingerprint density at radius 1 is 1.04 bits per heavy atom. The van der Waals surface area contributed by atoms with Crippen molar-refractivity contribution in [3.8, 4) is 28.6 Å². The first-order valence-electron chi connectivity index (χ1n) is 8.11. The first kappa shape index (κ1) is 15.5. The van der Waals surface area contributed by atoms with Gasteiger partial charge in [0.1, 0.15) is 11.6 Å². The number of Topliss-reactive ketones (excluding diaryl/α,β-unsaturated/α-hetero) is 1. The fourth-order valence-electron chi connectivity index (χ4n) is 3.08. The number of rotatable bonds is 2. The number of phenols is 1.